The average molecular weight is 1900 g/mol. The van der Waals surface area contributed by atoms with Crippen LogP contribution in [0.2, 0.25) is 0 Å². The van der Waals surface area contributed by atoms with Gasteiger partial charge in [0.05, 0.1) is 0 Å². The summed E-state index contributed by atoms with van der Waals surface area (Å²) in [6.45, 7) is 29.2. The summed E-state index contributed by atoms with van der Waals surface area (Å²) in [7, 11) is 0. The summed E-state index contributed by atoms with van der Waals surface area (Å²) in [5.41, 5.74) is 50.8. The molecule has 0 fully saturated rings. The molecule has 23 rings (SSSR count). The van der Waals surface area contributed by atoms with E-state index in [0.29, 0.717) is 0 Å². The lowest BCUT2D eigenvalue weighted by Gasteiger charge is -2.33. The molecule has 1 aromatic heterocycles. The minimum Gasteiger partial charge on any atom is -0.455 e. The van der Waals surface area contributed by atoms with Gasteiger partial charge in [-0.2, -0.15) is 0 Å². The first-order valence-corrected chi connectivity index (χ1v) is 56.1. The molecule has 0 atom stereocenters. The molecule has 0 unspecified atom stereocenters. The zero-order valence-electron chi connectivity index (χ0n) is 88.3. The zero-order chi connectivity index (χ0) is 99.1. The maximum absolute atomic E-state index is 7.36. The standard InChI is InChI=1S/C142H146N2O/c1-13-17-21-25-29-45-83-141(84-46-30-26-22-18-14-2)120-56-42-39-53-109(120)115-79-67-101(91-128(115)141)99-65-77-113-111-75-63-97(87-122(111)137(5,6)124(113)89-99)95-59-69-105(70-60-95)144(108-73-81-117-126(93-108)139(9,10)134-131(117)132-119-55-41-44-58-130(119)145-136(132)133-118-82-74-107(94-127(118)140(11,12)135(133)134)143(103-49-35-33-36-50-103)104-51-37-34-38-52-104)106-71-61-96(62-72-106)98-64-76-112-114-78-66-100(90-125(114)138(7,8)123(112)88-98)102-68-80-116-110-54-40-43-57-121(110)142(129(116)92-102,85-47-31-27-23-19-15-3)86-48-32-28-24-20-16-4/h33-44,49-82,87-94H,13-32,45-48,83-86H2,1-12H3. The lowest BCUT2D eigenvalue weighted by Crippen LogP contribution is -2.25. The van der Waals surface area contributed by atoms with E-state index in [9.17, 15) is 0 Å². The Bertz CT molecular complexity index is 7370. The van der Waals surface area contributed by atoms with Crippen LogP contribution < -0.4 is 9.80 Å². The molecule has 0 spiro atoms. The zero-order valence-corrected chi connectivity index (χ0v) is 88.3. The van der Waals surface area contributed by atoms with Gasteiger partial charge >= 0.3 is 0 Å². The first-order chi connectivity index (χ1) is 70.8. The number of para-hydroxylation sites is 3. The third-order valence-corrected chi connectivity index (χ3v) is 35.8. The van der Waals surface area contributed by atoms with E-state index < -0.39 is 10.8 Å². The molecule has 6 aliphatic carbocycles. The van der Waals surface area contributed by atoms with E-state index in [0.717, 1.165) is 50.7 Å². The van der Waals surface area contributed by atoms with Gasteiger partial charge < -0.3 is 14.2 Å². The van der Waals surface area contributed by atoms with Gasteiger partial charge in [0.25, 0.3) is 0 Å². The number of unbranched alkanes of at least 4 members (excludes halogenated alkanes) is 20. The highest BCUT2D eigenvalue weighted by Gasteiger charge is 2.51. The number of furan rings is 1. The number of hydrogen-bond donors (Lipinski definition) is 0. The molecule has 0 saturated carbocycles. The van der Waals surface area contributed by atoms with Crippen LogP contribution in [-0.2, 0) is 32.5 Å². The van der Waals surface area contributed by atoms with Gasteiger partial charge in [0.1, 0.15) is 11.2 Å². The molecule has 145 heavy (non-hydrogen) atoms. The Morgan fingerprint density at radius 2 is 0.462 bits per heavy atom. The molecule has 0 radical (unpaired) electrons. The fourth-order valence-electron chi connectivity index (χ4n) is 28.1. The van der Waals surface area contributed by atoms with Gasteiger partial charge in [-0.25, -0.2) is 0 Å². The molecule has 0 aliphatic heterocycles. The highest BCUT2D eigenvalue weighted by Crippen LogP contribution is 2.66. The Hall–Kier alpha value is -13.1. The lowest BCUT2D eigenvalue weighted by atomic mass is 9.70. The van der Waals surface area contributed by atoms with E-state index in [1.807, 2.05) is 0 Å². The summed E-state index contributed by atoms with van der Waals surface area (Å²) in [6.07, 6.45) is 36.4. The fourth-order valence-corrected chi connectivity index (χ4v) is 28.1. The van der Waals surface area contributed by atoms with Crippen molar-refractivity contribution in [2.45, 2.75) is 295 Å². The van der Waals surface area contributed by atoms with Crippen molar-refractivity contribution in [3.8, 4) is 111 Å². The van der Waals surface area contributed by atoms with Crippen LogP contribution in [0.3, 0.4) is 0 Å². The van der Waals surface area contributed by atoms with Crippen molar-refractivity contribution < 1.29 is 4.42 Å². The molecule has 0 N–H and O–H groups in total. The molecule has 0 saturated heterocycles. The first-order valence-electron chi connectivity index (χ1n) is 56.1. The monoisotopic (exact) mass is 1900 g/mol. The summed E-state index contributed by atoms with van der Waals surface area (Å²) in [5, 5.41) is 2.35. The van der Waals surface area contributed by atoms with Crippen LogP contribution in [-0.4, -0.2) is 0 Å². The minimum absolute atomic E-state index is 0.0221. The summed E-state index contributed by atoms with van der Waals surface area (Å²) in [5.74, 6) is 0. The molecule has 0 amide bonds. The van der Waals surface area contributed by atoms with E-state index in [1.54, 1.807) is 22.3 Å². The quantitative estimate of drug-likeness (QED) is 0.0360. The molecule has 730 valence electrons. The Balaban J connectivity index is 0.589. The van der Waals surface area contributed by atoms with Crippen LogP contribution >= 0.6 is 0 Å². The van der Waals surface area contributed by atoms with Crippen molar-refractivity contribution in [3.63, 3.8) is 0 Å². The maximum Gasteiger partial charge on any atom is 0.144 e. The van der Waals surface area contributed by atoms with E-state index in [1.165, 1.54) is 341 Å². The number of benzene rings is 16. The van der Waals surface area contributed by atoms with Crippen molar-refractivity contribution in [3.05, 3.63) is 394 Å². The molecule has 17 aromatic rings. The van der Waals surface area contributed by atoms with Gasteiger partial charge in [-0.1, -0.05) is 450 Å². The van der Waals surface area contributed by atoms with Crippen molar-refractivity contribution in [1.82, 2.24) is 0 Å². The number of rotatable bonds is 38. The molecular weight excluding hydrogens is 1750 g/mol. The predicted octanol–water partition coefficient (Wildman–Crippen LogP) is 42.0. The highest BCUT2D eigenvalue weighted by molar-refractivity contribution is 6.21. The summed E-state index contributed by atoms with van der Waals surface area (Å²) in [6, 6.07) is 128. The van der Waals surface area contributed by atoms with Gasteiger partial charge in [-0.05, 0) is 313 Å². The average Bonchev–Trinajstić information content (AvgIpc) is 1.50. The Morgan fingerprint density at radius 3 is 0.834 bits per heavy atom. The Morgan fingerprint density at radius 1 is 0.200 bits per heavy atom. The summed E-state index contributed by atoms with van der Waals surface area (Å²) in [4.78, 5) is 4.94. The lowest BCUT2D eigenvalue weighted by molar-refractivity contribution is 0.398. The second kappa shape index (κ2) is 39.0. The summed E-state index contributed by atoms with van der Waals surface area (Å²) >= 11 is 0. The normalized spacial score (nSPS) is 15.0. The predicted molar refractivity (Wildman–Crippen MR) is 619 cm³/mol. The van der Waals surface area contributed by atoms with Crippen LogP contribution in [0, 0.1) is 0 Å². The third kappa shape index (κ3) is 16.4. The van der Waals surface area contributed by atoms with Crippen molar-refractivity contribution in [2.24, 2.45) is 0 Å². The largest absolute Gasteiger partial charge is 0.455 e. The van der Waals surface area contributed by atoms with Gasteiger partial charge in [-0.3, -0.25) is 0 Å². The van der Waals surface area contributed by atoms with Crippen molar-refractivity contribution >= 4 is 56.1 Å². The molecule has 16 aromatic carbocycles. The van der Waals surface area contributed by atoms with Gasteiger partial charge in [0.2, 0.25) is 0 Å². The van der Waals surface area contributed by atoms with E-state index >= 15 is 0 Å². The van der Waals surface area contributed by atoms with Crippen molar-refractivity contribution in [1.29, 1.82) is 0 Å². The fraction of sp³-hybridized carbons (Fsp3) is 0.324. The van der Waals surface area contributed by atoms with Crippen LogP contribution in [0.15, 0.2) is 332 Å². The molecule has 3 nitrogen and oxygen atoms in total. The molecule has 0 bridgehead atoms. The summed E-state index contributed by atoms with van der Waals surface area (Å²) < 4.78 is 7.36. The van der Waals surface area contributed by atoms with Gasteiger partial charge in [-0.15, -0.1) is 0 Å². The van der Waals surface area contributed by atoms with Gasteiger partial charge in [0, 0.05) is 83.0 Å². The SMILES string of the molecule is CCCCCCCCC1(CCCCCCCC)c2ccccc2-c2ccc(-c3ccc4c(c3)C(C)(C)c3cc(-c5ccc(N(c6ccc(-c7ccc8c(c7)C(C)(C)c7cc(-c9ccc%10c(c9)C(CCCCCCCC)(CCCCCCCC)c9ccccc9-%10)ccc7-8)cc6)c6ccc7c(c6)C(C)(C)c6c8c(c9oc%10ccccc%10c9c6-7)-c6ccc(N(c7ccccc7)c7ccccc7)cc6C8(C)C)cc5)ccc3-4)cc21. The Labute approximate surface area is 865 Å². The molecular formula is C142H146N2O. The van der Waals surface area contributed by atoms with Crippen molar-refractivity contribution in [2.75, 3.05) is 9.80 Å². The van der Waals surface area contributed by atoms with Crippen LogP contribution in [0.5, 0.6) is 0 Å². The molecule has 6 aliphatic rings. The topological polar surface area (TPSA) is 19.6 Å². The highest BCUT2D eigenvalue weighted by atomic mass is 16.3. The number of fused-ring (bicyclic) bond motifs is 24. The minimum atomic E-state index is -0.452. The number of hydrogen-bond acceptors (Lipinski definition) is 3. The van der Waals surface area contributed by atoms with E-state index in [-0.39, 0.29) is 21.7 Å². The van der Waals surface area contributed by atoms with Crippen LogP contribution in [0.4, 0.5) is 34.1 Å². The molecule has 1 heterocycles. The second-order valence-electron chi connectivity index (χ2n) is 46.1. The maximum atomic E-state index is 7.36. The second-order valence-corrected chi connectivity index (χ2v) is 46.1. The first kappa shape index (κ1) is 95.4. The number of nitrogens with zero attached hydrogens (tertiary/aromatic N) is 2. The molecule has 3 heteroatoms. The Kier molecular flexibility index (Phi) is 25.7. The van der Waals surface area contributed by atoms with Gasteiger partial charge in [0.15, 0.2) is 0 Å². The van der Waals surface area contributed by atoms with E-state index in [2.05, 4.69) is 420 Å². The van der Waals surface area contributed by atoms with E-state index in [4.69, 9.17) is 4.42 Å². The number of anilines is 6. The van der Waals surface area contributed by atoms with Crippen LogP contribution in [0.1, 0.15) is 330 Å². The van der Waals surface area contributed by atoms with Crippen LogP contribution in [0.25, 0.3) is 133 Å². The third-order valence-electron chi connectivity index (χ3n) is 35.8. The smallest absolute Gasteiger partial charge is 0.144 e.